The van der Waals surface area contributed by atoms with Gasteiger partial charge in [0.25, 0.3) is 0 Å². The molecular weight excluding hydrogens is 204 g/mol. The highest BCUT2D eigenvalue weighted by molar-refractivity contribution is 6.32. The minimum atomic E-state index is -1.07. The number of phenolic OH excluding ortho intramolecular Hbond substituents is 1. The third-order valence-corrected chi connectivity index (χ3v) is 1.82. The van der Waals surface area contributed by atoms with Crippen molar-refractivity contribution in [2.75, 3.05) is 0 Å². The number of hydrogen-bond acceptors (Lipinski definition) is 3. The second kappa shape index (κ2) is 3.87. The van der Waals surface area contributed by atoms with Gasteiger partial charge in [0.05, 0.1) is 12.2 Å². The Labute approximate surface area is 77.6 Å². The largest absolute Gasteiger partial charge is 0.506 e. The summed E-state index contributed by atoms with van der Waals surface area (Å²) < 4.78 is 25.9. The van der Waals surface area contributed by atoms with Crippen molar-refractivity contribution < 1.29 is 18.7 Å². The van der Waals surface area contributed by atoms with E-state index in [1.54, 1.807) is 0 Å². The lowest BCUT2D eigenvalue weighted by molar-refractivity contribution is 0.118. The molecule has 0 aromatic heterocycles. The molecule has 0 unspecified atom stereocenters. The molecule has 0 aliphatic heterocycles. The summed E-state index contributed by atoms with van der Waals surface area (Å²) in [6.07, 6.45) is 0. The lowest BCUT2D eigenvalue weighted by atomic mass is 10.2. The van der Waals surface area contributed by atoms with E-state index < -0.39 is 34.6 Å². The van der Waals surface area contributed by atoms with Crippen LogP contribution in [0.2, 0.25) is 5.02 Å². The highest BCUT2D eigenvalue weighted by atomic mass is 35.5. The summed E-state index contributed by atoms with van der Waals surface area (Å²) in [5.41, 5.74) is -0.412. The Morgan fingerprint density at radius 1 is 1.54 bits per heavy atom. The first kappa shape index (κ1) is 10.2. The summed E-state index contributed by atoms with van der Waals surface area (Å²) in [6, 6.07) is 0.694. The summed E-state index contributed by atoms with van der Waals surface area (Å²) in [5.74, 6) is 1.97. The third-order valence-electron chi connectivity index (χ3n) is 1.46. The fourth-order valence-electron chi connectivity index (χ4n) is 0.836. The summed E-state index contributed by atoms with van der Waals surface area (Å²) in [6.45, 7) is -0.447. The average Bonchev–Trinajstić information content (AvgIpc) is 2.09. The maximum atomic E-state index is 13.0. The molecule has 1 aromatic carbocycles. The van der Waals surface area contributed by atoms with Gasteiger partial charge in [0.15, 0.2) is 5.82 Å². The van der Waals surface area contributed by atoms with Crippen LogP contribution in [-0.4, -0.2) is 5.11 Å². The number of benzene rings is 1. The van der Waals surface area contributed by atoms with Crippen LogP contribution in [0.15, 0.2) is 6.07 Å². The molecule has 0 atom stereocenters. The van der Waals surface area contributed by atoms with Crippen molar-refractivity contribution in [2.45, 2.75) is 6.61 Å². The zero-order chi connectivity index (χ0) is 10.0. The standard InChI is InChI=1S/C7H6ClF2NO2/c8-6-5(12)1-4(9)3(2-13-11)7(6)10/h1,12H,2,11H2. The van der Waals surface area contributed by atoms with Crippen LogP contribution in [0.25, 0.3) is 0 Å². The van der Waals surface area contributed by atoms with Crippen LogP contribution in [-0.2, 0) is 11.4 Å². The number of rotatable bonds is 2. The second-order valence-electron chi connectivity index (χ2n) is 2.30. The number of halogens is 3. The number of aromatic hydroxyl groups is 1. The van der Waals surface area contributed by atoms with Crippen LogP contribution in [0.3, 0.4) is 0 Å². The van der Waals surface area contributed by atoms with E-state index in [0.717, 1.165) is 0 Å². The zero-order valence-electron chi connectivity index (χ0n) is 6.35. The highest BCUT2D eigenvalue weighted by Crippen LogP contribution is 2.30. The fraction of sp³-hybridized carbons (Fsp3) is 0.143. The molecule has 0 amide bonds. The molecule has 72 valence electrons. The molecule has 1 aromatic rings. The van der Waals surface area contributed by atoms with Gasteiger partial charge in [-0.3, -0.25) is 4.84 Å². The minimum absolute atomic E-state index is 0.412. The Morgan fingerprint density at radius 2 is 2.15 bits per heavy atom. The minimum Gasteiger partial charge on any atom is -0.506 e. The van der Waals surface area contributed by atoms with Crippen molar-refractivity contribution >= 4 is 11.6 Å². The monoisotopic (exact) mass is 209 g/mol. The van der Waals surface area contributed by atoms with Crippen LogP contribution in [0.1, 0.15) is 5.56 Å². The number of nitrogens with two attached hydrogens (primary N) is 1. The van der Waals surface area contributed by atoms with Gasteiger partial charge in [-0.2, -0.15) is 0 Å². The smallest absolute Gasteiger partial charge is 0.154 e. The molecule has 0 saturated carbocycles. The first-order chi connectivity index (χ1) is 6.07. The quantitative estimate of drug-likeness (QED) is 0.576. The molecule has 0 heterocycles. The van der Waals surface area contributed by atoms with Crippen molar-refractivity contribution in [3.63, 3.8) is 0 Å². The molecule has 13 heavy (non-hydrogen) atoms. The van der Waals surface area contributed by atoms with Gasteiger partial charge in [0.2, 0.25) is 0 Å². The fourth-order valence-corrected chi connectivity index (χ4v) is 1.00. The van der Waals surface area contributed by atoms with Crippen molar-refractivity contribution in [1.82, 2.24) is 0 Å². The topological polar surface area (TPSA) is 55.5 Å². The third kappa shape index (κ3) is 1.88. The normalized spacial score (nSPS) is 10.5. The van der Waals surface area contributed by atoms with Crippen LogP contribution < -0.4 is 5.90 Å². The van der Waals surface area contributed by atoms with Gasteiger partial charge in [-0.05, 0) is 0 Å². The van der Waals surface area contributed by atoms with Crippen molar-refractivity contribution in [1.29, 1.82) is 0 Å². The van der Waals surface area contributed by atoms with Gasteiger partial charge in [-0.25, -0.2) is 14.7 Å². The maximum Gasteiger partial charge on any atom is 0.154 e. The van der Waals surface area contributed by atoms with E-state index >= 15 is 0 Å². The van der Waals surface area contributed by atoms with Gasteiger partial charge in [0.1, 0.15) is 16.6 Å². The van der Waals surface area contributed by atoms with E-state index in [9.17, 15) is 8.78 Å². The van der Waals surface area contributed by atoms with E-state index in [-0.39, 0.29) is 0 Å². The van der Waals surface area contributed by atoms with E-state index in [1.165, 1.54) is 0 Å². The van der Waals surface area contributed by atoms with Crippen molar-refractivity contribution in [3.05, 3.63) is 28.3 Å². The molecule has 1 rings (SSSR count). The van der Waals surface area contributed by atoms with Crippen LogP contribution in [0.4, 0.5) is 8.78 Å². The molecule has 0 aliphatic rings. The first-order valence-electron chi connectivity index (χ1n) is 3.25. The molecule has 6 heteroatoms. The van der Waals surface area contributed by atoms with Gasteiger partial charge >= 0.3 is 0 Å². The van der Waals surface area contributed by atoms with Crippen LogP contribution in [0, 0.1) is 11.6 Å². The Bertz CT molecular complexity index is 333. The molecule has 3 nitrogen and oxygen atoms in total. The first-order valence-corrected chi connectivity index (χ1v) is 3.62. The van der Waals surface area contributed by atoms with E-state index in [1.807, 2.05) is 0 Å². The van der Waals surface area contributed by atoms with Crippen LogP contribution in [0.5, 0.6) is 5.75 Å². The number of phenols is 1. The molecule has 0 spiro atoms. The molecule has 0 radical (unpaired) electrons. The SMILES string of the molecule is NOCc1c(F)cc(O)c(Cl)c1F. The molecule has 0 aliphatic carbocycles. The summed E-state index contributed by atoms with van der Waals surface area (Å²) in [7, 11) is 0. The molecule has 3 N–H and O–H groups in total. The summed E-state index contributed by atoms with van der Waals surface area (Å²) in [4.78, 5) is 4.06. The molecular formula is C7H6ClF2NO2. The van der Waals surface area contributed by atoms with E-state index in [2.05, 4.69) is 10.7 Å². The summed E-state index contributed by atoms with van der Waals surface area (Å²) >= 11 is 5.30. The predicted octanol–water partition coefficient (Wildman–Crippen LogP) is 1.71. The van der Waals surface area contributed by atoms with Gasteiger partial charge < -0.3 is 5.11 Å². The zero-order valence-corrected chi connectivity index (χ0v) is 7.11. The van der Waals surface area contributed by atoms with Crippen molar-refractivity contribution in [2.24, 2.45) is 5.90 Å². The van der Waals surface area contributed by atoms with Gasteiger partial charge in [0, 0.05) is 6.07 Å². The lowest BCUT2D eigenvalue weighted by Crippen LogP contribution is -2.04. The van der Waals surface area contributed by atoms with Gasteiger partial charge in [-0.1, -0.05) is 11.6 Å². The molecule has 0 saturated heterocycles. The van der Waals surface area contributed by atoms with Crippen molar-refractivity contribution in [3.8, 4) is 5.75 Å². The predicted molar refractivity (Wildman–Crippen MR) is 42.0 cm³/mol. The Kier molecular flexibility index (Phi) is 3.02. The second-order valence-corrected chi connectivity index (χ2v) is 2.67. The van der Waals surface area contributed by atoms with E-state index in [0.29, 0.717) is 6.07 Å². The Balaban J connectivity index is 3.26. The average molecular weight is 210 g/mol. The Hall–Kier alpha value is -0.910. The summed E-state index contributed by atoms with van der Waals surface area (Å²) in [5, 5.41) is 8.34. The van der Waals surface area contributed by atoms with E-state index in [4.69, 9.17) is 16.7 Å². The maximum absolute atomic E-state index is 13.0. The van der Waals surface area contributed by atoms with Crippen LogP contribution >= 0.6 is 11.6 Å². The molecule has 0 fully saturated rings. The lowest BCUT2D eigenvalue weighted by Gasteiger charge is -2.05. The highest BCUT2D eigenvalue weighted by Gasteiger charge is 2.16. The Morgan fingerprint density at radius 3 is 2.69 bits per heavy atom. The van der Waals surface area contributed by atoms with Gasteiger partial charge in [-0.15, -0.1) is 0 Å². The molecule has 0 bridgehead atoms. The number of hydrogen-bond donors (Lipinski definition) is 2.